The van der Waals surface area contributed by atoms with E-state index < -0.39 is 17.8 Å². The molecule has 1 rings (SSSR count). The maximum Gasteiger partial charge on any atom is 0.426 e. The van der Waals surface area contributed by atoms with Gasteiger partial charge in [-0.05, 0) is 19.1 Å². The fraction of sp³-hybridized carbons (Fsp3) is 0.400. The number of carbonyl (C=O) groups is 2. The van der Waals surface area contributed by atoms with Crippen LogP contribution in [0.3, 0.4) is 0 Å². The molecular formula is C10H12F2N2O4S. The molecule has 0 radical (unpaired) electrons. The Kier molecular flexibility index (Phi) is 6.13. The third-order valence-electron chi connectivity index (χ3n) is 1.79. The molecular weight excluding hydrogens is 282 g/mol. The SMILES string of the molecule is CCOC(=O)NNC(=O)c1ccc(CSC(F)F)o1. The van der Waals surface area contributed by atoms with Crippen molar-refractivity contribution < 1.29 is 27.5 Å². The number of furan rings is 1. The van der Waals surface area contributed by atoms with Crippen molar-refractivity contribution in [3.8, 4) is 0 Å². The minimum atomic E-state index is -2.51. The van der Waals surface area contributed by atoms with Crippen molar-refractivity contribution in [3.05, 3.63) is 23.7 Å². The van der Waals surface area contributed by atoms with Crippen LogP contribution in [-0.4, -0.2) is 24.4 Å². The number of carbonyl (C=O) groups excluding carboxylic acids is 2. The normalized spacial score (nSPS) is 10.3. The van der Waals surface area contributed by atoms with Crippen molar-refractivity contribution in [2.75, 3.05) is 6.61 Å². The Morgan fingerprint density at radius 3 is 2.79 bits per heavy atom. The van der Waals surface area contributed by atoms with Gasteiger partial charge in [0.1, 0.15) is 5.76 Å². The second-order valence-corrected chi connectivity index (χ2v) is 4.12. The zero-order valence-corrected chi connectivity index (χ0v) is 10.8. The van der Waals surface area contributed by atoms with Crippen LogP contribution < -0.4 is 10.9 Å². The number of hydrazine groups is 1. The summed E-state index contributed by atoms with van der Waals surface area (Å²) in [6.07, 6.45) is -0.809. The number of ether oxygens (including phenoxy) is 1. The number of hydrogen-bond donors (Lipinski definition) is 2. The number of thioether (sulfide) groups is 1. The number of nitrogens with one attached hydrogen (secondary N) is 2. The third-order valence-corrected chi connectivity index (χ3v) is 2.49. The molecule has 0 fully saturated rings. The molecule has 1 heterocycles. The summed E-state index contributed by atoms with van der Waals surface area (Å²) in [7, 11) is 0. The van der Waals surface area contributed by atoms with Gasteiger partial charge in [-0.2, -0.15) is 8.78 Å². The molecule has 0 unspecified atom stereocenters. The van der Waals surface area contributed by atoms with E-state index in [2.05, 4.69) is 4.74 Å². The lowest BCUT2D eigenvalue weighted by Gasteiger charge is -2.05. The van der Waals surface area contributed by atoms with Gasteiger partial charge < -0.3 is 9.15 Å². The predicted octanol–water partition coefficient (Wildman–Crippen LogP) is 2.13. The second kappa shape index (κ2) is 7.62. The molecule has 0 saturated heterocycles. The molecule has 0 saturated carbocycles. The van der Waals surface area contributed by atoms with Gasteiger partial charge in [-0.3, -0.25) is 10.2 Å². The number of amides is 2. The monoisotopic (exact) mass is 294 g/mol. The van der Waals surface area contributed by atoms with E-state index in [1.54, 1.807) is 6.92 Å². The molecule has 6 nitrogen and oxygen atoms in total. The molecule has 0 aliphatic heterocycles. The zero-order chi connectivity index (χ0) is 14.3. The topological polar surface area (TPSA) is 80.6 Å². The number of rotatable bonds is 5. The summed E-state index contributed by atoms with van der Waals surface area (Å²) in [6, 6.07) is 2.73. The van der Waals surface area contributed by atoms with Gasteiger partial charge in [0, 0.05) is 0 Å². The van der Waals surface area contributed by atoms with Crippen LogP contribution in [0.15, 0.2) is 16.5 Å². The summed E-state index contributed by atoms with van der Waals surface area (Å²) in [4.78, 5) is 22.4. The van der Waals surface area contributed by atoms with Gasteiger partial charge in [0.2, 0.25) is 0 Å². The van der Waals surface area contributed by atoms with E-state index in [0.717, 1.165) is 0 Å². The van der Waals surface area contributed by atoms with E-state index in [-0.39, 0.29) is 23.9 Å². The van der Waals surface area contributed by atoms with Gasteiger partial charge in [-0.1, -0.05) is 11.8 Å². The van der Waals surface area contributed by atoms with Crippen LogP contribution in [-0.2, 0) is 10.5 Å². The van der Waals surface area contributed by atoms with Crippen LogP contribution in [0.2, 0.25) is 0 Å². The highest BCUT2D eigenvalue weighted by atomic mass is 32.2. The van der Waals surface area contributed by atoms with E-state index >= 15 is 0 Å². The standard InChI is InChI=1S/C10H12F2N2O4S/c1-2-17-10(16)14-13-8(15)7-4-3-6(18-7)5-19-9(11)12/h3-4,9H,2,5H2,1H3,(H,13,15)(H,14,16). The van der Waals surface area contributed by atoms with Crippen LogP contribution in [0.25, 0.3) is 0 Å². The number of halogens is 2. The summed E-state index contributed by atoms with van der Waals surface area (Å²) in [5.74, 6) is -3.11. The quantitative estimate of drug-likeness (QED) is 0.813. The minimum absolute atomic E-state index is 0.0454. The summed E-state index contributed by atoms with van der Waals surface area (Å²) < 4.78 is 33.4. The smallest absolute Gasteiger partial charge is 0.426 e. The molecule has 1 aromatic rings. The summed E-state index contributed by atoms with van der Waals surface area (Å²) >= 11 is 0.386. The fourth-order valence-corrected chi connectivity index (χ4v) is 1.50. The molecule has 2 N–H and O–H groups in total. The molecule has 19 heavy (non-hydrogen) atoms. The Morgan fingerprint density at radius 1 is 1.42 bits per heavy atom. The van der Waals surface area contributed by atoms with Gasteiger partial charge in [0.25, 0.3) is 5.76 Å². The van der Waals surface area contributed by atoms with E-state index in [0.29, 0.717) is 11.8 Å². The van der Waals surface area contributed by atoms with Gasteiger partial charge in [0.05, 0.1) is 12.4 Å². The van der Waals surface area contributed by atoms with Gasteiger partial charge in [-0.15, -0.1) is 0 Å². The summed E-state index contributed by atoms with van der Waals surface area (Å²) in [5, 5.41) is 0. The van der Waals surface area contributed by atoms with Crippen molar-refractivity contribution >= 4 is 23.8 Å². The van der Waals surface area contributed by atoms with Gasteiger partial charge in [-0.25, -0.2) is 10.2 Å². The Hall–Kier alpha value is -1.77. The fourth-order valence-electron chi connectivity index (χ4n) is 1.06. The van der Waals surface area contributed by atoms with Gasteiger partial charge in [0.15, 0.2) is 5.76 Å². The maximum absolute atomic E-state index is 11.9. The highest BCUT2D eigenvalue weighted by Crippen LogP contribution is 2.21. The molecule has 0 aromatic carbocycles. The molecule has 2 amide bonds. The Labute approximate surface area is 111 Å². The first kappa shape index (κ1) is 15.3. The molecule has 0 spiro atoms. The first-order valence-electron chi connectivity index (χ1n) is 5.24. The Morgan fingerprint density at radius 2 is 2.16 bits per heavy atom. The van der Waals surface area contributed by atoms with Crippen molar-refractivity contribution in [3.63, 3.8) is 0 Å². The van der Waals surface area contributed by atoms with Gasteiger partial charge >= 0.3 is 12.0 Å². The lowest BCUT2D eigenvalue weighted by molar-refractivity contribution is 0.0884. The number of hydrogen-bond acceptors (Lipinski definition) is 5. The third kappa shape index (κ3) is 5.60. The first-order valence-corrected chi connectivity index (χ1v) is 6.29. The lowest BCUT2D eigenvalue weighted by Crippen LogP contribution is -2.41. The van der Waals surface area contributed by atoms with Crippen LogP contribution >= 0.6 is 11.8 Å². The van der Waals surface area contributed by atoms with E-state index in [1.807, 2.05) is 10.9 Å². The van der Waals surface area contributed by atoms with Crippen molar-refractivity contribution in [1.82, 2.24) is 10.9 Å². The average Bonchev–Trinajstić information content (AvgIpc) is 2.82. The molecule has 0 atom stereocenters. The van der Waals surface area contributed by atoms with Crippen LogP contribution in [0, 0.1) is 0 Å². The average molecular weight is 294 g/mol. The number of alkyl halides is 2. The highest BCUT2D eigenvalue weighted by molar-refractivity contribution is 7.98. The van der Waals surface area contributed by atoms with E-state index in [1.165, 1.54) is 12.1 Å². The zero-order valence-electron chi connectivity index (χ0n) is 9.94. The first-order chi connectivity index (χ1) is 9.02. The molecule has 0 aliphatic rings. The van der Waals surface area contributed by atoms with E-state index in [4.69, 9.17) is 4.42 Å². The van der Waals surface area contributed by atoms with Crippen LogP contribution in [0.1, 0.15) is 23.2 Å². The lowest BCUT2D eigenvalue weighted by atomic mass is 10.4. The molecule has 106 valence electrons. The summed E-state index contributed by atoms with van der Waals surface area (Å²) in [5.41, 5.74) is 4.04. The van der Waals surface area contributed by atoms with Crippen molar-refractivity contribution in [1.29, 1.82) is 0 Å². The summed E-state index contributed by atoms with van der Waals surface area (Å²) in [6.45, 7) is 1.78. The second-order valence-electron chi connectivity index (χ2n) is 3.14. The minimum Gasteiger partial charge on any atom is -0.455 e. The Balaban J connectivity index is 2.42. The Bertz CT molecular complexity index is 439. The van der Waals surface area contributed by atoms with Crippen LogP contribution in [0.5, 0.6) is 0 Å². The molecule has 1 aromatic heterocycles. The molecule has 9 heteroatoms. The van der Waals surface area contributed by atoms with Crippen molar-refractivity contribution in [2.24, 2.45) is 0 Å². The van der Waals surface area contributed by atoms with Crippen LogP contribution in [0.4, 0.5) is 13.6 Å². The molecule has 0 bridgehead atoms. The largest absolute Gasteiger partial charge is 0.455 e. The van der Waals surface area contributed by atoms with E-state index in [9.17, 15) is 18.4 Å². The maximum atomic E-state index is 11.9. The highest BCUT2D eigenvalue weighted by Gasteiger charge is 2.13. The predicted molar refractivity (Wildman–Crippen MR) is 63.6 cm³/mol. The van der Waals surface area contributed by atoms with Crippen molar-refractivity contribution in [2.45, 2.75) is 18.4 Å². The molecule has 0 aliphatic carbocycles.